The number of anilines is 2. The van der Waals surface area contributed by atoms with Gasteiger partial charge in [0.1, 0.15) is 11.6 Å². The fraction of sp³-hybridized carbons (Fsp3) is 0.556. The van der Waals surface area contributed by atoms with Gasteiger partial charge in [0.25, 0.3) is 0 Å². The van der Waals surface area contributed by atoms with Gasteiger partial charge in [-0.2, -0.15) is 0 Å². The van der Waals surface area contributed by atoms with Crippen LogP contribution in [0.5, 0.6) is 0 Å². The molecule has 0 atom stereocenters. The third-order valence-corrected chi connectivity index (χ3v) is 1.47. The van der Waals surface area contributed by atoms with Crippen molar-refractivity contribution in [3.8, 4) is 0 Å². The van der Waals surface area contributed by atoms with E-state index in [4.69, 9.17) is 5.73 Å². The molecule has 3 N–H and O–H groups in total. The second-order valence-electron chi connectivity index (χ2n) is 4.24. The fourth-order valence-electron chi connectivity index (χ4n) is 0.785. The van der Waals surface area contributed by atoms with Gasteiger partial charge in [0.2, 0.25) is 0 Å². The Morgan fingerprint density at radius 3 is 2.46 bits per heavy atom. The molecule has 0 unspecified atom stereocenters. The lowest BCUT2D eigenvalue weighted by molar-refractivity contribution is 0.442. The molecule has 0 spiro atoms. The Morgan fingerprint density at radius 2 is 2.00 bits per heavy atom. The number of nitrogens with zero attached hydrogens (tertiary/aromatic N) is 2. The van der Waals surface area contributed by atoms with E-state index < -0.39 is 0 Å². The molecule has 1 aromatic heterocycles. The summed E-state index contributed by atoms with van der Waals surface area (Å²) in [5.74, 6) is 1.21. The Balaban J connectivity index is 2.51. The van der Waals surface area contributed by atoms with Crippen LogP contribution in [0.1, 0.15) is 20.8 Å². The van der Waals surface area contributed by atoms with E-state index in [1.165, 1.54) is 0 Å². The van der Waals surface area contributed by atoms with Gasteiger partial charge >= 0.3 is 0 Å². The van der Waals surface area contributed by atoms with Gasteiger partial charge in [0.15, 0.2) is 0 Å². The van der Waals surface area contributed by atoms with Gasteiger partial charge in [-0.3, -0.25) is 0 Å². The fourth-order valence-corrected chi connectivity index (χ4v) is 0.785. The summed E-state index contributed by atoms with van der Waals surface area (Å²) in [6.45, 7) is 7.34. The van der Waals surface area contributed by atoms with Crippen LogP contribution in [0.15, 0.2) is 12.4 Å². The molecule has 0 saturated heterocycles. The topological polar surface area (TPSA) is 63.8 Å². The summed E-state index contributed by atoms with van der Waals surface area (Å²) in [4.78, 5) is 8.02. The number of aromatic nitrogens is 2. The number of rotatable bonds is 2. The Morgan fingerprint density at radius 1 is 1.31 bits per heavy atom. The van der Waals surface area contributed by atoms with E-state index >= 15 is 0 Å². The maximum atomic E-state index is 5.41. The molecule has 0 aliphatic heterocycles. The summed E-state index contributed by atoms with van der Waals surface area (Å²) in [5.41, 5.74) is 5.65. The third kappa shape index (κ3) is 3.73. The predicted molar refractivity (Wildman–Crippen MR) is 54.4 cm³/mol. The first kappa shape index (κ1) is 9.77. The lowest BCUT2D eigenvalue weighted by Crippen LogP contribution is -2.19. The molecule has 0 aliphatic rings. The zero-order valence-electron chi connectivity index (χ0n) is 8.33. The van der Waals surface area contributed by atoms with E-state index in [-0.39, 0.29) is 5.41 Å². The second-order valence-corrected chi connectivity index (χ2v) is 4.24. The highest BCUT2D eigenvalue weighted by Gasteiger charge is 2.09. The Kier molecular flexibility index (Phi) is 2.70. The van der Waals surface area contributed by atoms with Crippen LogP contribution in [0.4, 0.5) is 11.6 Å². The molecule has 4 nitrogen and oxygen atoms in total. The molecular formula is C9H16N4. The first-order chi connectivity index (χ1) is 5.97. The SMILES string of the molecule is CC(C)(C)CNc1cnc(N)cn1. The average Bonchev–Trinajstić information content (AvgIpc) is 2.02. The Labute approximate surface area is 78.6 Å². The standard InChI is InChI=1S/C9H16N4/c1-9(2,3)6-13-8-5-11-7(10)4-12-8/h4-5H,6H2,1-3H3,(H2,10,11)(H,12,13). The van der Waals surface area contributed by atoms with E-state index in [9.17, 15) is 0 Å². The van der Waals surface area contributed by atoms with Crippen molar-refractivity contribution in [3.05, 3.63) is 12.4 Å². The molecule has 1 aromatic rings. The van der Waals surface area contributed by atoms with Crippen molar-refractivity contribution in [2.75, 3.05) is 17.6 Å². The van der Waals surface area contributed by atoms with E-state index in [2.05, 4.69) is 36.1 Å². The first-order valence-electron chi connectivity index (χ1n) is 4.29. The molecule has 1 heterocycles. The van der Waals surface area contributed by atoms with Crippen LogP contribution in [-0.2, 0) is 0 Å². The van der Waals surface area contributed by atoms with E-state index in [1.807, 2.05) is 0 Å². The highest BCUT2D eigenvalue weighted by atomic mass is 15.0. The summed E-state index contributed by atoms with van der Waals surface area (Å²) < 4.78 is 0. The number of nitrogens with two attached hydrogens (primary N) is 1. The van der Waals surface area contributed by atoms with Crippen LogP contribution in [0.2, 0.25) is 0 Å². The van der Waals surface area contributed by atoms with Gasteiger partial charge in [0, 0.05) is 6.54 Å². The summed E-state index contributed by atoms with van der Waals surface area (Å²) in [6, 6.07) is 0. The molecule has 0 saturated carbocycles. The van der Waals surface area contributed by atoms with Crippen molar-refractivity contribution in [2.45, 2.75) is 20.8 Å². The highest BCUT2D eigenvalue weighted by molar-refractivity contribution is 5.35. The minimum atomic E-state index is 0.239. The van der Waals surface area contributed by atoms with Crippen LogP contribution < -0.4 is 11.1 Å². The smallest absolute Gasteiger partial charge is 0.144 e. The van der Waals surface area contributed by atoms with Crippen molar-refractivity contribution >= 4 is 11.6 Å². The highest BCUT2D eigenvalue weighted by Crippen LogP contribution is 2.13. The quantitative estimate of drug-likeness (QED) is 0.724. The van der Waals surface area contributed by atoms with Crippen LogP contribution >= 0.6 is 0 Å². The monoisotopic (exact) mass is 180 g/mol. The van der Waals surface area contributed by atoms with Gasteiger partial charge in [0.05, 0.1) is 12.4 Å². The number of nitrogens with one attached hydrogen (secondary N) is 1. The normalized spacial score (nSPS) is 11.3. The molecular weight excluding hydrogens is 164 g/mol. The van der Waals surface area contributed by atoms with Gasteiger partial charge in [-0.25, -0.2) is 9.97 Å². The average molecular weight is 180 g/mol. The van der Waals surface area contributed by atoms with Gasteiger partial charge in [-0.1, -0.05) is 20.8 Å². The molecule has 0 aromatic carbocycles. The van der Waals surface area contributed by atoms with Crippen LogP contribution in [0.3, 0.4) is 0 Å². The summed E-state index contributed by atoms with van der Waals surface area (Å²) in [7, 11) is 0. The molecule has 0 aliphatic carbocycles. The number of nitrogen functional groups attached to an aromatic ring is 1. The van der Waals surface area contributed by atoms with Crippen molar-refractivity contribution in [2.24, 2.45) is 5.41 Å². The van der Waals surface area contributed by atoms with Gasteiger partial charge in [-0.15, -0.1) is 0 Å². The van der Waals surface area contributed by atoms with E-state index in [1.54, 1.807) is 12.4 Å². The number of hydrogen-bond acceptors (Lipinski definition) is 4. The molecule has 0 fully saturated rings. The van der Waals surface area contributed by atoms with Crippen molar-refractivity contribution < 1.29 is 0 Å². The molecule has 13 heavy (non-hydrogen) atoms. The Hall–Kier alpha value is -1.32. The van der Waals surface area contributed by atoms with Crippen LogP contribution in [0.25, 0.3) is 0 Å². The third-order valence-electron chi connectivity index (χ3n) is 1.47. The zero-order valence-corrected chi connectivity index (χ0v) is 8.33. The van der Waals surface area contributed by atoms with Crippen molar-refractivity contribution in [1.82, 2.24) is 9.97 Å². The molecule has 4 heteroatoms. The van der Waals surface area contributed by atoms with Crippen molar-refractivity contribution in [1.29, 1.82) is 0 Å². The molecule has 0 bridgehead atoms. The van der Waals surface area contributed by atoms with Crippen molar-refractivity contribution in [3.63, 3.8) is 0 Å². The first-order valence-corrected chi connectivity index (χ1v) is 4.29. The lowest BCUT2D eigenvalue weighted by atomic mass is 9.97. The van der Waals surface area contributed by atoms with E-state index in [0.717, 1.165) is 12.4 Å². The summed E-state index contributed by atoms with van der Waals surface area (Å²) in [6.07, 6.45) is 3.19. The largest absolute Gasteiger partial charge is 0.382 e. The van der Waals surface area contributed by atoms with E-state index in [0.29, 0.717) is 5.82 Å². The minimum absolute atomic E-state index is 0.239. The lowest BCUT2D eigenvalue weighted by Gasteiger charge is -2.18. The minimum Gasteiger partial charge on any atom is -0.382 e. The van der Waals surface area contributed by atoms with Gasteiger partial charge in [-0.05, 0) is 5.41 Å². The predicted octanol–water partition coefficient (Wildman–Crippen LogP) is 1.52. The molecule has 1 rings (SSSR count). The zero-order chi connectivity index (χ0) is 9.90. The molecule has 72 valence electrons. The maximum absolute atomic E-state index is 5.41. The molecule has 0 amide bonds. The van der Waals surface area contributed by atoms with Gasteiger partial charge < -0.3 is 11.1 Å². The molecule has 0 radical (unpaired) electrons. The number of hydrogen-bond donors (Lipinski definition) is 2. The summed E-state index contributed by atoms with van der Waals surface area (Å²) >= 11 is 0. The Bertz CT molecular complexity index is 260. The van der Waals surface area contributed by atoms with Crippen LogP contribution in [-0.4, -0.2) is 16.5 Å². The summed E-state index contributed by atoms with van der Waals surface area (Å²) in [5, 5.41) is 3.18. The maximum Gasteiger partial charge on any atom is 0.144 e. The van der Waals surface area contributed by atoms with Crippen LogP contribution in [0, 0.1) is 5.41 Å². The second kappa shape index (κ2) is 3.60.